The molecular weight excluding hydrogens is 306 g/mol. The molecule has 1 amide bonds. The van der Waals surface area contributed by atoms with Gasteiger partial charge < -0.3 is 14.2 Å². The number of carbonyl (C=O) groups excluding carboxylic acids is 1. The maximum atomic E-state index is 12.4. The third-order valence-electron chi connectivity index (χ3n) is 5.49. The molecule has 2 aliphatic heterocycles. The molecule has 24 heavy (non-hydrogen) atoms. The Bertz CT molecular complexity index is 592. The summed E-state index contributed by atoms with van der Waals surface area (Å²) in [6, 6.07) is 0. The molecule has 1 saturated carbocycles. The summed E-state index contributed by atoms with van der Waals surface area (Å²) < 4.78 is 7.55. The number of ether oxygens (including phenoxy) is 1. The lowest BCUT2D eigenvalue weighted by atomic mass is 9.96. The highest BCUT2D eigenvalue weighted by Crippen LogP contribution is 2.34. The molecule has 0 N–H and O–H groups in total. The lowest BCUT2D eigenvalue weighted by Crippen LogP contribution is -2.40. The number of carbonyl (C=O) groups is 1. The molecule has 3 aliphatic rings. The number of amides is 1. The predicted molar refractivity (Wildman–Crippen MR) is 88.4 cm³/mol. The second-order valence-corrected chi connectivity index (χ2v) is 7.32. The van der Waals surface area contributed by atoms with E-state index in [1.165, 1.54) is 0 Å². The Balaban J connectivity index is 1.42. The monoisotopic (exact) mass is 333 g/mol. The van der Waals surface area contributed by atoms with Crippen LogP contribution in [-0.4, -0.2) is 69.9 Å². The van der Waals surface area contributed by atoms with Crippen LogP contribution < -0.4 is 0 Å². The Morgan fingerprint density at radius 1 is 1.17 bits per heavy atom. The van der Waals surface area contributed by atoms with Crippen molar-refractivity contribution in [2.24, 2.45) is 13.0 Å². The highest BCUT2D eigenvalue weighted by atomic mass is 16.5. The number of likely N-dealkylation sites (tertiary alicyclic amines) is 1. The van der Waals surface area contributed by atoms with Crippen LogP contribution in [0.2, 0.25) is 0 Å². The summed E-state index contributed by atoms with van der Waals surface area (Å²) in [7, 11) is 2.06. The van der Waals surface area contributed by atoms with Gasteiger partial charge in [0.05, 0.1) is 19.8 Å². The van der Waals surface area contributed by atoms with Crippen LogP contribution in [-0.2, 0) is 23.1 Å². The van der Waals surface area contributed by atoms with Crippen molar-refractivity contribution in [1.29, 1.82) is 0 Å². The van der Waals surface area contributed by atoms with Crippen molar-refractivity contribution in [2.75, 3.05) is 39.4 Å². The highest BCUT2D eigenvalue weighted by Gasteiger charge is 2.36. The Hall–Kier alpha value is -1.47. The highest BCUT2D eigenvalue weighted by molar-refractivity contribution is 5.81. The zero-order valence-electron chi connectivity index (χ0n) is 14.5. The Labute approximate surface area is 143 Å². The minimum absolute atomic E-state index is 0.306. The van der Waals surface area contributed by atoms with E-state index in [4.69, 9.17) is 4.74 Å². The molecule has 0 radical (unpaired) electrons. The average molecular weight is 333 g/mol. The first-order valence-electron chi connectivity index (χ1n) is 9.19. The molecule has 1 aliphatic carbocycles. The van der Waals surface area contributed by atoms with E-state index in [2.05, 4.69) is 31.6 Å². The first-order chi connectivity index (χ1) is 11.7. The van der Waals surface area contributed by atoms with Gasteiger partial charge in [0.1, 0.15) is 11.6 Å². The van der Waals surface area contributed by atoms with Gasteiger partial charge >= 0.3 is 0 Å². The number of hydrogen-bond donors (Lipinski definition) is 0. The van der Waals surface area contributed by atoms with Crippen LogP contribution in [0.15, 0.2) is 0 Å². The number of aromatic nitrogens is 3. The Morgan fingerprint density at radius 3 is 2.71 bits per heavy atom. The molecule has 0 aromatic carbocycles. The summed E-state index contributed by atoms with van der Waals surface area (Å²) >= 11 is 0. The first-order valence-corrected chi connectivity index (χ1v) is 9.19. The fourth-order valence-corrected chi connectivity index (χ4v) is 3.80. The Morgan fingerprint density at radius 2 is 1.96 bits per heavy atom. The summed E-state index contributed by atoms with van der Waals surface area (Å²) in [5, 5.41) is 8.91. The molecular formula is C17H27N5O2. The van der Waals surface area contributed by atoms with E-state index in [0.29, 0.717) is 17.7 Å². The lowest BCUT2D eigenvalue weighted by molar-refractivity contribution is -0.133. The fourth-order valence-electron chi connectivity index (χ4n) is 3.80. The second kappa shape index (κ2) is 6.80. The molecule has 1 aromatic heterocycles. The van der Waals surface area contributed by atoms with Crippen molar-refractivity contribution in [1.82, 2.24) is 24.6 Å². The number of nitrogens with zero attached hydrogens (tertiary/aromatic N) is 5. The van der Waals surface area contributed by atoms with E-state index in [0.717, 1.165) is 83.3 Å². The van der Waals surface area contributed by atoms with Crippen molar-refractivity contribution in [3.63, 3.8) is 0 Å². The number of piperidine rings is 1. The summed E-state index contributed by atoms with van der Waals surface area (Å²) in [5.41, 5.74) is 0. The van der Waals surface area contributed by atoms with Crippen LogP contribution in [0.3, 0.4) is 0 Å². The van der Waals surface area contributed by atoms with Gasteiger partial charge in [-0.1, -0.05) is 0 Å². The maximum absolute atomic E-state index is 12.4. The van der Waals surface area contributed by atoms with Gasteiger partial charge in [-0.3, -0.25) is 9.69 Å². The first kappa shape index (κ1) is 16.0. The lowest BCUT2D eigenvalue weighted by Gasteiger charge is -2.32. The SMILES string of the molecule is Cn1c(CN2CCOCC2)nnc1C1CCCN(C(=O)C2CC2)C1. The van der Waals surface area contributed by atoms with Gasteiger partial charge in [0, 0.05) is 45.1 Å². The molecule has 2 saturated heterocycles. The van der Waals surface area contributed by atoms with Crippen LogP contribution in [0.25, 0.3) is 0 Å². The maximum Gasteiger partial charge on any atom is 0.225 e. The van der Waals surface area contributed by atoms with Crippen LogP contribution in [0.1, 0.15) is 43.3 Å². The molecule has 132 valence electrons. The number of rotatable bonds is 4. The number of hydrogen-bond acceptors (Lipinski definition) is 5. The molecule has 1 unspecified atom stereocenters. The van der Waals surface area contributed by atoms with Gasteiger partial charge in [0.25, 0.3) is 0 Å². The molecule has 4 rings (SSSR count). The van der Waals surface area contributed by atoms with Gasteiger partial charge in [-0.25, -0.2) is 0 Å². The van der Waals surface area contributed by atoms with Crippen molar-refractivity contribution >= 4 is 5.91 Å². The van der Waals surface area contributed by atoms with Crippen LogP contribution >= 0.6 is 0 Å². The fraction of sp³-hybridized carbons (Fsp3) is 0.824. The largest absolute Gasteiger partial charge is 0.379 e. The van der Waals surface area contributed by atoms with Gasteiger partial charge in [0.2, 0.25) is 5.91 Å². The molecule has 7 heteroatoms. The van der Waals surface area contributed by atoms with Crippen LogP contribution in [0.5, 0.6) is 0 Å². The van der Waals surface area contributed by atoms with Crippen LogP contribution in [0.4, 0.5) is 0 Å². The molecule has 1 atom stereocenters. The van der Waals surface area contributed by atoms with E-state index in [1.54, 1.807) is 0 Å². The minimum Gasteiger partial charge on any atom is -0.379 e. The van der Waals surface area contributed by atoms with E-state index < -0.39 is 0 Å². The molecule has 7 nitrogen and oxygen atoms in total. The van der Waals surface area contributed by atoms with Gasteiger partial charge in [0.15, 0.2) is 0 Å². The third-order valence-corrected chi connectivity index (χ3v) is 5.49. The summed E-state index contributed by atoms with van der Waals surface area (Å²) in [6.45, 7) is 6.04. The van der Waals surface area contributed by atoms with Gasteiger partial charge in [-0.2, -0.15) is 0 Å². The summed E-state index contributed by atoms with van der Waals surface area (Å²) in [5.74, 6) is 3.03. The van der Waals surface area contributed by atoms with Crippen molar-refractivity contribution in [3.8, 4) is 0 Å². The molecule has 3 fully saturated rings. The van der Waals surface area contributed by atoms with Crippen molar-refractivity contribution in [2.45, 2.75) is 38.1 Å². The minimum atomic E-state index is 0.306. The summed E-state index contributed by atoms with van der Waals surface area (Å²) in [4.78, 5) is 16.8. The summed E-state index contributed by atoms with van der Waals surface area (Å²) in [6.07, 6.45) is 4.31. The van der Waals surface area contributed by atoms with E-state index >= 15 is 0 Å². The Kier molecular flexibility index (Phi) is 4.54. The predicted octanol–water partition coefficient (Wildman–Crippen LogP) is 0.763. The quantitative estimate of drug-likeness (QED) is 0.814. The smallest absolute Gasteiger partial charge is 0.225 e. The van der Waals surface area contributed by atoms with E-state index in [1.807, 2.05) is 0 Å². The zero-order chi connectivity index (χ0) is 16.5. The van der Waals surface area contributed by atoms with Crippen LogP contribution in [0, 0.1) is 5.92 Å². The molecule has 0 bridgehead atoms. The standard InChI is InChI=1S/C17H27N5O2/c1-20-15(12-21-7-9-24-10-8-21)18-19-16(20)14-3-2-6-22(11-14)17(23)13-4-5-13/h13-14H,2-12H2,1H3. The van der Waals surface area contributed by atoms with E-state index in [9.17, 15) is 4.79 Å². The molecule has 0 spiro atoms. The topological polar surface area (TPSA) is 63.5 Å². The average Bonchev–Trinajstić information content (AvgIpc) is 3.41. The van der Waals surface area contributed by atoms with Crippen molar-refractivity contribution < 1.29 is 9.53 Å². The molecule has 1 aromatic rings. The third kappa shape index (κ3) is 3.32. The zero-order valence-corrected chi connectivity index (χ0v) is 14.5. The second-order valence-electron chi connectivity index (χ2n) is 7.32. The number of morpholine rings is 1. The molecule has 3 heterocycles. The van der Waals surface area contributed by atoms with Gasteiger partial charge in [-0.15, -0.1) is 10.2 Å². The van der Waals surface area contributed by atoms with Gasteiger partial charge in [-0.05, 0) is 25.7 Å². The van der Waals surface area contributed by atoms with E-state index in [-0.39, 0.29) is 0 Å². The van der Waals surface area contributed by atoms with Crippen molar-refractivity contribution in [3.05, 3.63) is 11.6 Å². The normalized spacial score (nSPS) is 25.9.